The molecule has 0 radical (unpaired) electrons. The second kappa shape index (κ2) is 8.23. The van der Waals surface area contributed by atoms with Gasteiger partial charge >= 0.3 is 17.8 Å². The predicted molar refractivity (Wildman–Crippen MR) is 107 cm³/mol. The molecule has 1 saturated carbocycles. The van der Waals surface area contributed by atoms with E-state index in [4.69, 9.17) is 0 Å². The van der Waals surface area contributed by atoms with Gasteiger partial charge in [0.1, 0.15) is 0 Å². The molecule has 0 aromatic carbocycles. The maximum atomic E-state index is 12.9. The van der Waals surface area contributed by atoms with E-state index in [1.54, 1.807) is 4.90 Å². The molecule has 9 heteroatoms. The molecular formula is C20H26N4O4S. The number of piperazine rings is 1. The van der Waals surface area contributed by atoms with Crippen LogP contribution in [0.25, 0.3) is 0 Å². The Morgan fingerprint density at radius 1 is 1.07 bits per heavy atom. The molecule has 4 rings (SSSR count). The second-order valence-corrected chi connectivity index (χ2v) is 9.00. The van der Waals surface area contributed by atoms with Crippen LogP contribution in [-0.2, 0) is 9.59 Å². The predicted octanol–water partition coefficient (Wildman–Crippen LogP) is 1.83. The Kier molecular flexibility index (Phi) is 5.69. The monoisotopic (exact) mass is 418 g/mol. The van der Waals surface area contributed by atoms with E-state index in [1.165, 1.54) is 16.2 Å². The molecule has 5 amide bonds. The van der Waals surface area contributed by atoms with Crippen molar-refractivity contribution >= 4 is 35.1 Å². The number of nitrogens with zero attached hydrogens (tertiary/aromatic N) is 4. The lowest BCUT2D eigenvalue weighted by atomic mass is 9.85. The Morgan fingerprint density at radius 2 is 1.79 bits per heavy atom. The number of carbonyl (C=O) groups excluding carboxylic acids is 4. The Balaban J connectivity index is 1.36. The highest BCUT2D eigenvalue weighted by Crippen LogP contribution is 2.31. The summed E-state index contributed by atoms with van der Waals surface area (Å²) < 4.78 is 0. The minimum absolute atomic E-state index is 0.0145. The van der Waals surface area contributed by atoms with Gasteiger partial charge in [-0.05, 0) is 30.2 Å². The summed E-state index contributed by atoms with van der Waals surface area (Å²) >= 11 is 1.42. The van der Waals surface area contributed by atoms with Gasteiger partial charge in [-0.3, -0.25) is 24.2 Å². The fourth-order valence-corrected chi connectivity index (χ4v) is 5.16. The van der Waals surface area contributed by atoms with Crippen LogP contribution in [0, 0.1) is 5.92 Å². The first-order valence-electron chi connectivity index (χ1n) is 10.2. The van der Waals surface area contributed by atoms with E-state index >= 15 is 0 Å². The Bertz CT molecular complexity index is 803. The summed E-state index contributed by atoms with van der Waals surface area (Å²) in [4.78, 5) is 57.1. The molecule has 8 nitrogen and oxygen atoms in total. The zero-order chi connectivity index (χ0) is 20.5. The van der Waals surface area contributed by atoms with Crippen LogP contribution in [0.2, 0.25) is 0 Å². The topological polar surface area (TPSA) is 81.2 Å². The third-order valence-electron chi connectivity index (χ3n) is 6.21. The minimum atomic E-state index is -0.732. The highest BCUT2D eigenvalue weighted by atomic mass is 32.1. The SMILES string of the molecule is C[C@H]1CCCC[C@H]1N1C(=O)C(=O)N(CN2CCN(C(=O)c3cccs3)CC2)C1=O. The summed E-state index contributed by atoms with van der Waals surface area (Å²) in [7, 11) is 0. The number of hydrogen-bond acceptors (Lipinski definition) is 6. The first kappa shape index (κ1) is 20.0. The van der Waals surface area contributed by atoms with Crippen LogP contribution in [0.5, 0.6) is 0 Å². The molecule has 3 heterocycles. The lowest BCUT2D eigenvalue weighted by Gasteiger charge is -2.36. The van der Waals surface area contributed by atoms with E-state index in [2.05, 4.69) is 0 Å². The number of thiophene rings is 1. The number of rotatable bonds is 4. The highest BCUT2D eigenvalue weighted by Gasteiger charge is 2.49. The molecule has 2 aliphatic heterocycles. The number of urea groups is 1. The van der Waals surface area contributed by atoms with Gasteiger partial charge in [0.05, 0.1) is 11.5 Å². The summed E-state index contributed by atoms with van der Waals surface area (Å²) in [5.41, 5.74) is 0. The van der Waals surface area contributed by atoms with Crippen molar-refractivity contribution in [2.45, 2.75) is 38.6 Å². The van der Waals surface area contributed by atoms with Crippen molar-refractivity contribution in [2.24, 2.45) is 5.92 Å². The fourth-order valence-electron chi connectivity index (χ4n) is 4.47. The quantitative estimate of drug-likeness (QED) is 0.551. The molecule has 3 aliphatic rings. The van der Waals surface area contributed by atoms with Crippen LogP contribution in [0.15, 0.2) is 17.5 Å². The van der Waals surface area contributed by atoms with E-state index < -0.39 is 17.8 Å². The van der Waals surface area contributed by atoms with E-state index in [1.807, 2.05) is 29.3 Å². The van der Waals surface area contributed by atoms with Gasteiger partial charge in [0.25, 0.3) is 5.91 Å². The molecule has 0 spiro atoms. The van der Waals surface area contributed by atoms with Crippen LogP contribution >= 0.6 is 11.3 Å². The van der Waals surface area contributed by atoms with Crippen molar-refractivity contribution in [3.05, 3.63) is 22.4 Å². The Hall–Kier alpha value is -2.26. The van der Waals surface area contributed by atoms with Crippen LogP contribution < -0.4 is 0 Å². The molecule has 0 bridgehead atoms. The van der Waals surface area contributed by atoms with Crippen LogP contribution in [0.4, 0.5) is 4.79 Å². The first-order valence-corrected chi connectivity index (χ1v) is 11.1. The van der Waals surface area contributed by atoms with Gasteiger partial charge in [-0.15, -0.1) is 11.3 Å². The van der Waals surface area contributed by atoms with Crippen LogP contribution in [-0.4, -0.2) is 82.2 Å². The van der Waals surface area contributed by atoms with Gasteiger partial charge in [-0.1, -0.05) is 25.8 Å². The van der Waals surface area contributed by atoms with Crippen molar-refractivity contribution in [3.8, 4) is 0 Å². The Labute approximate surface area is 174 Å². The molecule has 3 fully saturated rings. The third-order valence-corrected chi connectivity index (χ3v) is 7.07. The molecule has 1 aliphatic carbocycles. The Morgan fingerprint density at radius 3 is 2.45 bits per heavy atom. The smallest absolute Gasteiger partial charge is 0.335 e. The highest BCUT2D eigenvalue weighted by molar-refractivity contribution is 7.12. The van der Waals surface area contributed by atoms with Gasteiger partial charge in [-0.2, -0.15) is 0 Å². The maximum absolute atomic E-state index is 12.9. The summed E-state index contributed by atoms with van der Waals surface area (Å²) in [6.45, 7) is 4.32. The van der Waals surface area contributed by atoms with Gasteiger partial charge in [0.2, 0.25) is 0 Å². The lowest BCUT2D eigenvalue weighted by Crippen LogP contribution is -2.53. The molecule has 0 N–H and O–H groups in total. The number of carbonyl (C=O) groups is 4. The number of hydrogen-bond donors (Lipinski definition) is 0. The van der Waals surface area contributed by atoms with Gasteiger partial charge in [-0.25, -0.2) is 9.69 Å². The van der Waals surface area contributed by atoms with E-state index in [0.717, 1.165) is 30.6 Å². The van der Waals surface area contributed by atoms with Crippen molar-refractivity contribution < 1.29 is 19.2 Å². The first-order chi connectivity index (χ1) is 14.0. The molecule has 1 aromatic heterocycles. The van der Waals surface area contributed by atoms with Crippen molar-refractivity contribution in [2.75, 3.05) is 32.8 Å². The van der Waals surface area contributed by atoms with Gasteiger partial charge < -0.3 is 4.90 Å². The zero-order valence-electron chi connectivity index (χ0n) is 16.6. The molecule has 156 valence electrons. The van der Waals surface area contributed by atoms with Gasteiger partial charge in [0, 0.05) is 32.2 Å². The normalized spacial score (nSPS) is 26.5. The zero-order valence-corrected chi connectivity index (χ0v) is 17.4. The number of imide groups is 2. The van der Waals surface area contributed by atoms with E-state index in [9.17, 15) is 19.2 Å². The van der Waals surface area contributed by atoms with E-state index in [-0.39, 0.29) is 24.5 Å². The third kappa shape index (κ3) is 3.81. The van der Waals surface area contributed by atoms with Crippen molar-refractivity contribution in [1.82, 2.24) is 19.6 Å². The average molecular weight is 419 g/mol. The summed E-state index contributed by atoms with van der Waals surface area (Å²) in [5, 5.41) is 1.88. The largest absolute Gasteiger partial charge is 0.335 e. The van der Waals surface area contributed by atoms with Gasteiger partial charge in [0.15, 0.2) is 0 Å². The molecule has 1 aromatic rings. The summed E-state index contributed by atoms with van der Waals surface area (Å²) in [6, 6.07) is 3.00. The minimum Gasteiger partial charge on any atom is -0.335 e. The van der Waals surface area contributed by atoms with Crippen molar-refractivity contribution in [1.29, 1.82) is 0 Å². The lowest BCUT2D eigenvalue weighted by molar-refractivity contribution is -0.145. The van der Waals surface area contributed by atoms with Crippen molar-refractivity contribution in [3.63, 3.8) is 0 Å². The summed E-state index contributed by atoms with van der Waals surface area (Å²) in [6.07, 6.45) is 3.81. The standard InChI is InChI=1S/C20H26N4O4S/c1-14-5-2-3-6-15(14)24-19(27)18(26)23(20(24)28)13-21-8-10-22(11-9-21)17(25)16-7-4-12-29-16/h4,7,12,14-15H,2-3,5-6,8-11,13H2,1H3/t14-,15+/m0/s1. The maximum Gasteiger partial charge on any atom is 0.335 e. The molecule has 0 unspecified atom stereocenters. The summed E-state index contributed by atoms with van der Waals surface area (Å²) in [5.74, 6) is -1.19. The van der Waals surface area contributed by atoms with Crippen LogP contribution in [0.3, 0.4) is 0 Å². The average Bonchev–Trinajstić information content (AvgIpc) is 3.33. The molecular weight excluding hydrogens is 392 g/mol. The van der Waals surface area contributed by atoms with Crippen LogP contribution in [0.1, 0.15) is 42.3 Å². The number of amides is 5. The molecule has 2 atom stereocenters. The molecule has 2 saturated heterocycles. The van der Waals surface area contributed by atoms with E-state index in [0.29, 0.717) is 31.1 Å². The molecule has 29 heavy (non-hydrogen) atoms. The second-order valence-electron chi connectivity index (χ2n) is 8.05. The fraction of sp³-hybridized carbons (Fsp3) is 0.600.